The Hall–Kier alpha value is -2.05. The summed E-state index contributed by atoms with van der Waals surface area (Å²) in [6.45, 7) is 4.16. The number of aryl methyl sites for hydroxylation is 1. The molecule has 0 bridgehead atoms. The summed E-state index contributed by atoms with van der Waals surface area (Å²) in [5, 5.41) is 11.6. The third-order valence-electron chi connectivity index (χ3n) is 2.95. The van der Waals surface area contributed by atoms with E-state index in [1.165, 1.54) is 4.90 Å². The maximum Gasteiger partial charge on any atom is 0.326 e. The van der Waals surface area contributed by atoms with Crippen molar-refractivity contribution in [2.24, 2.45) is 13.0 Å². The summed E-state index contributed by atoms with van der Waals surface area (Å²) in [5.41, 5.74) is 0. The van der Waals surface area contributed by atoms with Crippen molar-refractivity contribution in [3.63, 3.8) is 0 Å². The van der Waals surface area contributed by atoms with Crippen molar-refractivity contribution >= 4 is 12.0 Å². The van der Waals surface area contributed by atoms with Gasteiger partial charge >= 0.3 is 12.0 Å². The Kier molecular flexibility index (Phi) is 5.54. The van der Waals surface area contributed by atoms with Crippen LogP contribution in [0.1, 0.15) is 26.1 Å². The van der Waals surface area contributed by atoms with E-state index in [2.05, 4.69) is 10.3 Å². The third kappa shape index (κ3) is 4.56. The predicted octanol–water partition coefficient (Wildman–Crippen LogP) is 1.06. The Bertz CT molecular complexity index is 470. The number of urea groups is 1. The molecule has 0 saturated heterocycles. The maximum atomic E-state index is 12.0. The number of carbonyl (C=O) groups is 2. The lowest BCUT2D eigenvalue weighted by Gasteiger charge is -2.22. The van der Waals surface area contributed by atoms with Crippen LogP contribution < -0.4 is 5.32 Å². The monoisotopic (exact) mass is 282 g/mol. The molecular formula is C13H22N4O3. The van der Waals surface area contributed by atoms with Gasteiger partial charge in [-0.05, 0) is 12.3 Å². The van der Waals surface area contributed by atoms with Crippen LogP contribution in [0.2, 0.25) is 0 Å². The number of aliphatic carboxylic acids is 1. The second-order valence-electron chi connectivity index (χ2n) is 5.28. The van der Waals surface area contributed by atoms with Gasteiger partial charge in [-0.1, -0.05) is 13.8 Å². The van der Waals surface area contributed by atoms with E-state index < -0.39 is 18.0 Å². The minimum absolute atomic E-state index is 0.191. The van der Waals surface area contributed by atoms with E-state index in [0.29, 0.717) is 13.0 Å². The highest BCUT2D eigenvalue weighted by molar-refractivity contribution is 5.82. The van der Waals surface area contributed by atoms with Gasteiger partial charge in [0, 0.05) is 26.5 Å². The number of nitrogens with one attached hydrogen (secondary N) is 1. The number of carbonyl (C=O) groups excluding carboxylic acids is 1. The highest BCUT2D eigenvalue weighted by Crippen LogP contribution is 2.06. The summed E-state index contributed by atoms with van der Waals surface area (Å²) >= 11 is 0. The van der Waals surface area contributed by atoms with Crippen LogP contribution >= 0.6 is 0 Å². The normalized spacial score (nSPS) is 12.2. The fourth-order valence-corrected chi connectivity index (χ4v) is 1.78. The van der Waals surface area contributed by atoms with E-state index in [4.69, 9.17) is 5.11 Å². The van der Waals surface area contributed by atoms with Crippen molar-refractivity contribution in [2.75, 3.05) is 7.05 Å². The Morgan fingerprint density at radius 3 is 2.60 bits per heavy atom. The van der Waals surface area contributed by atoms with Gasteiger partial charge in [0.25, 0.3) is 0 Å². The summed E-state index contributed by atoms with van der Waals surface area (Å²) in [6, 6.07) is -1.28. The number of hydrogen-bond donors (Lipinski definition) is 2. The van der Waals surface area contributed by atoms with E-state index in [0.717, 1.165) is 5.82 Å². The van der Waals surface area contributed by atoms with Crippen LogP contribution in [0.15, 0.2) is 12.4 Å². The average Bonchev–Trinajstić information content (AvgIpc) is 2.73. The first-order valence-corrected chi connectivity index (χ1v) is 6.52. The summed E-state index contributed by atoms with van der Waals surface area (Å²) in [4.78, 5) is 28.6. The largest absolute Gasteiger partial charge is 0.480 e. The van der Waals surface area contributed by atoms with Crippen molar-refractivity contribution in [3.05, 3.63) is 18.2 Å². The van der Waals surface area contributed by atoms with Gasteiger partial charge in [-0.25, -0.2) is 14.6 Å². The topological polar surface area (TPSA) is 87.5 Å². The molecule has 112 valence electrons. The zero-order valence-electron chi connectivity index (χ0n) is 12.3. The Labute approximate surface area is 118 Å². The maximum absolute atomic E-state index is 12.0. The minimum Gasteiger partial charge on any atom is -0.480 e. The van der Waals surface area contributed by atoms with Crippen molar-refractivity contribution in [1.29, 1.82) is 0 Å². The van der Waals surface area contributed by atoms with E-state index in [-0.39, 0.29) is 5.92 Å². The van der Waals surface area contributed by atoms with Crippen LogP contribution in [0.3, 0.4) is 0 Å². The van der Waals surface area contributed by atoms with Crippen LogP contribution in [-0.4, -0.2) is 44.6 Å². The fourth-order valence-electron chi connectivity index (χ4n) is 1.78. The first-order chi connectivity index (χ1) is 9.31. The second-order valence-corrected chi connectivity index (χ2v) is 5.28. The first kappa shape index (κ1) is 16.0. The molecule has 0 spiro atoms. The van der Waals surface area contributed by atoms with E-state index in [1.807, 2.05) is 25.5 Å². The van der Waals surface area contributed by atoms with Gasteiger partial charge in [0.2, 0.25) is 0 Å². The molecule has 0 fully saturated rings. The molecule has 1 rings (SSSR count). The molecular weight excluding hydrogens is 260 g/mol. The highest BCUT2D eigenvalue weighted by atomic mass is 16.4. The molecule has 1 heterocycles. The number of rotatable bonds is 6. The van der Waals surface area contributed by atoms with Crippen molar-refractivity contribution in [1.82, 2.24) is 19.8 Å². The van der Waals surface area contributed by atoms with E-state index >= 15 is 0 Å². The molecule has 2 amide bonds. The molecule has 0 unspecified atom stereocenters. The lowest BCUT2D eigenvalue weighted by atomic mass is 10.0. The lowest BCUT2D eigenvalue weighted by Crippen LogP contribution is -2.47. The number of hydrogen-bond acceptors (Lipinski definition) is 3. The van der Waals surface area contributed by atoms with Gasteiger partial charge in [-0.2, -0.15) is 0 Å². The van der Waals surface area contributed by atoms with Crippen molar-refractivity contribution in [2.45, 2.75) is 32.9 Å². The second kappa shape index (κ2) is 6.93. The van der Waals surface area contributed by atoms with Gasteiger partial charge < -0.3 is 19.9 Å². The molecule has 7 nitrogen and oxygen atoms in total. The summed E-state index contributed by atoms with van der Waals surface area (Å²) in [6.07, 6.45) is 3.84. The SMILES string of the molecule is CC(C)C[C@H](NC(=O)N(C)Cc1nccn1C)C(=O)O. The number of carboxylic acid groups (broad SMARTS) is 1. The van der Waals surface area contributed by atoms with Gasteiger partial charge in [0.15, 0.2) is 0 Å². The van der Waals surface area contributed by atoms with Gasteiger partial charge in [-0.3, -0.25) is 0 Å². The van der Waals surface area contributed by atoms with Crippen molar-refractivity contribution < 1.29 is 14.7 Å². The third-order valence-corrected chi connectivity index (χ3v) is 2.95. The molecule has 20 heavy (non-hydrogen) atoms. The molecule has 0 radical (unpaired) electrons. The number of carboxylic acids is 1. The molecule has 0 aliphatic carbocycles. The summed E-state index contributed by atoms with van der Waals surface area (Å²) < 4.78 is 1.81. The molecule has 1 atom stereocenters. The number of nitrogens with zero attached hydrogens (tertiary/aromatic N) is 3. The molecule has 0 saturated carbocycles. The summed E-state index contributed by atoms with van der Waals surface area (Å²) in [7, 11) is 3.45. The van der Waals surface area contributed by atoms with Crippen LogP contribution in [0, 0.1) is 5.92 Å². The van der Waals surface area contributed by atoms with Gasteiger partial charge in [0.1, 0.15) is 11.9 Å². The number of aromatic nitrogens is 2. The molecule has 0 aliphatic rings. The first-order valence-electron chi connectivity index (χ1n) is 6.52. The fraction of sp³-hybridized carbons (Fsp3) is 0.615. The molecule has 2 N–H and O–H groups in total. The Morgan fingerprint density at radius 1 is 1.50 bits per heavy atom. The van der Waals surface area contributed by atoms with E-state index in [9.17, 15) is 9.59 Å². The van der Waals surface area contributed by atoms with E-state index in [1.54, 1.807) is 19.4 Å². The van der Waals surface area contributed by atoms with Crippen LogP contribution in [0.4, 0.5) is 4.79 Å². The van der Waals surface area contributed by atoms with Crippen LogP contribution in [0.5, 0.6) is 0 Å². The Morgan fingerprint density at radius 2 is 2.15 bits per heavy atom. The van der Waals surface area contributed by atoms with Crippen LogP contribution in [-0.2, 0) is 18.4 Å². The highest BCUT2D eigenvalue weighted by Gasteiger charge is 2.23. The molecule has 7 heteroatoms. The zero-order chi connectivity index (χ0) is 15.3. The average molecular weight is 282 g/mol. The smallest absolute Gasteiger partial charge is 0.326 e. The van der Waals surface area contributed by atoms with Crippen molar-refractivity contribution in [3.8, 4) is 0 Å². The van der Waals surface area contributed by atoms with Gasteiger partial charge in [0.05, 0.1) is 6.54 Å². The van der Waals surface area contributed by atoms with Crippen LogP contribution in [0.25, 0.3) is 0 Å². The standard InChI is InChI=1S/C13H22N4O3/c1-9(2)7-10(12(18)19)15-13(20)17(4)8-11-14-5-6-16(11)3/h5-6,9-10H,7-8H2,1-4H3,(H,15,20)(H,18,19)/t10-/m0/s1. The molecule has 0 aliphatic heterocycles. The minimum atomic E-state index is -1.02. The van der Waals surface area contributed by atoms with Gasteiger partial charge in [-0.15, -0.1) is 0 Å². The lowest BCUT2D eigenvalue weighted by molar-refractivity contribution is -0.139. The number of amides is 2. The molecule has 0 aromatic carbocycles. The number of imidazole rings is 1. The quantitative estimate of drug-likeness (QED) is 0.816. The molecule has 1 aromatic heterocycles. The Balaban J connectivity index is 2.59. The molecule has 1 aromatic rings. The predicted molar refractivity (Wildman–Crippen MR) is 74.1 cm³/mol. The summed E-state index contributed by atoms with van der Waals surface area (Å²) in [5.74, 6) is -0.0907. The zero-order valence-corrected chi connectivity index (χ0v) is 12.3.